The number of carboxylic acids is 1. The fourth-order valence-corrected chi connectivity index (χ4v) is 3.01. The highest BCUT2D eigenvalue weighted by molar-refractivity contribution is 6.31. The lowest BCUT2D eigenvalue weighted by Crippen LogP contribution is -2.09. The largest absolute Gasteiger partial charge is 0.482 e. The van der Waals surface area contributed by atoms with Gasteiger partial charge >= 0.3 is 5.97 Å². The van der Waals surface area contributed by atoms with Crippen LogP contribution in [-0.2, 0) is 0 Å². The van der Waals surface area contributed by atoms with Crippen LogP contribution in [0.5, 0.6) is 5.75 Å². The van der Waals surface area contributed by atoms with E-state index in [0.29, 0.717) is 11.1 Å². The van der Waals surface area contributed by atoms with E-state index in [0.717, 1.165) is 12.1 Å². The summed E-state index contributed by atoms with van der Waals surface area (Å²) in [6, 6.07) is 9.68. The number of benzene rings is 2. The minimum absolute atomic E-state index is 0.0397. The predicted molar refractivity (Wildman–Crippen MR) is 101 cm³/mol. The molecule has 0 bridgehead atoms. The first-order valence-corrected chi connectivity index (χ1v) is 8.55. The van der Waals surface area contributed by atoms with E-state index in [4.69, 9.17) is 27.2 Å². The molecule has 1 heterocycles. The van der Waals surface area contributed by atoms with Crippen LogP contribution >= 0.6 is 11.6 Å². The van der Waals surface area contributed by atoms with Crippen LogP contribution in [0.4, 0.5) is 14.6 Å². The molecular formula is C20H15ClF2N2O3. The lowest BCUT2D eigenvalue weighted by molar-refractivity contribution is 0.0697. The van der Waals surface area contributed by atoms with E-state index < -0.39 is 23.7 Å². The number of hydrogen-bond acceptors (Lipinski definition) is 4. The average molecular weight is 405 g/mol. The van der Waals surface area contributed by atoms with Gasteiger partial charge in [-0.25, -0.2) is 18.6 Å². The maximum atomic E-state index is 14.1. The summed E-state index contributed by atoms with van der Waals surface area (Å²) in [4.78, 5) is 15.2. The zero-order valence-corrected chi connectivity index (χ0v) is 15.4. The Kier molecular flexibility index (Phi) is 5.46. The van der Waals surface area contributed by atoms with Gasteiger partial charge in [0, 0.05) is 17.3 Å². The van der Waals surface area contributed by atoms with Crippen molar-refractivity contribution in [3.05, 3.63) is 76.4 Å². The van der Waals surface area contributed by atoms with Crippen molar-refractivity contribution in [3.63, 3.8) is 0 Å². The summed E-state index contributed by atoms with van der Waals surface area (Å²) in [6.45, 7) is 1.50. The number of carboxylic acid groups (broad SMARTS) is 1. The standard InChI is InChI=1S/C20H15ClF2N2O3/c1-10(17-14(22)5-6-15(23)18(17)21)28-16-8-13(9-25-19(16)24)11-3-2-4-12(7-11)20(26)27/h2-10H,1H3,(H2,24,25)(H,26,27). The molecule has 3 aromatic rings. The van der Waals surface area contributed by atoms with Crippen LogP contribution in [0.25, 0.3) is 11.1 Å². The Morgan fingerprint density at radius 1 is 1.18 bits per heavy atom. The summed E-state index contributed by atoms with van der Waals surface area (Å²) in [7, 11) is 0. The summed E-state index contributed by atoms with van der Waals surface area (Å²) >= 11 is 5.88. The molecule has 0 radical (unpaired) electrons. The number of rotatable bonds is 5. The Hall–Kier alpha value is -3.19. The van der Waals surface area contributed by atoms with Crippen LogP contribution in [0.15, 0.2) is 48.7 Å². The van der Waals surface area contributed by atoms with Crippen LogP contribution < -0.4 is 10.5 Å². The Labute approximate surface area is 164 Å². The normalized spacial score (nSPS) is 11.9. The van der Waals surface area contributed by atoms with Gasteiger partial charge in [-0.3, -0.25) is 0 Å². The average Bonchev–Trinajstić information content (AvgIpc) is 2.67. The topological polar surface area (TPSA) is 85.4 Å². The molecule has 8 heteroatoms. The van der Waals surface area contributed by atoms with Crippen molar-refractivity contribution in [2.24, 2.45) is 0 Å². The smallest absolute Gasteiger partial charge is 0.335 e. The van der Waals surface area contributed by atoms with E-state index >= 15 is 0 Å². The summed E-state index contributed by atoms with van der Waals surface area (Å²) in [5.41, 5.74) is 6.95. The minimum atomic E-state index is -1.06. The monoisotopic (exact) mass is 404 g/mol. The second-order valence-corrected chi connectivity index (χ2v) is 6.39. The molecule has 0 aliphatic carbocycles. The number of hydrogen-bond donors (Lipinski definition) is 2. The van der Waals surface area contributed by atoms with E-state index in [1.807, 2.05) is 0 Å². The van der Waals surface area contributed by atoms with Crippen LogP contribution in [0, 0.1) is 11.6 Å². The second-order valence-electron chi connectivity index (χ2n) is 6.01. The Morgan fingerprint density at radius 2 is 1.89 bits per heavy atom. The number of nitrogen functional groups attached to an aromatic ring is 1. The van der Waals surface area contributed by atoms with Crippen LogP contribution in [0.2, 0.25) is 5.02 Å². The van der Waals surface area contributed by atoms with Crippen molar-refractivity contribution >= 4 is 23.4 Å². The first kappa shape index (κ1) is 19.6. The van der Waals surface area contributed by atoms with Crippen LogP contribution in [-0.4, -0.2) is 16.1 Å². The van der Waals surface area contributed by atoms with Crippen molar-refractivity contribution in [1.29, 1.82) is 0 Å². The molecule has 1 aromatic heterocycles. The van der Waals surface area contributed by atoms with Gasteiger partial charge in [0.15, 0.2) is 11.6 Å². The molecule has 0 saturated carbocycles. The quantitative estimate of drug-likeness (QED) is 0.578. The van der Waals surface area contributed by atoms with Crippen molar-refractivity contribution in [1.82, 2.24) is 4.98 Å². The van der Waals surface area contributed by atoms with Gasteiger partial charge in [-0.05, 0) is 42.8 Å². The number of aromatic nitrogens is 1. The third-order valence-corrected chi connectivity index (χ3v) is 4.50. The van der Waals surface area contributed by atoms with E-state index in [1.165, 1.54) is 25.3 Å². The number of ether oxygens (including phenoxy) is 1. The maximum absolute atomic E-state index is 14.1. The zero-order valence-electron chi connectivity index (χ0n) is 14.6. The highest BCUT2D eigenvalue weighted by atomic mass is 35.5. The molecule has 28 heavy (non-hydrogen) atoms. The Morgan fingerprint density at radius 3 is 2.61 bits per heavy atom. The van der Waals surface area contributed by atoms with Gasteiger partial charge in [0.25, 0.3) is 0 Å². The predicted octanol–water partition coefficient (Wildman–Crippen LogP) is 5.10. The molecule has 0 aliphatic rings. The Balaban J connectivity index is 1.96. The second kappa shape index (κ2) is 7.82. The van der Waals surface area contributed by atoms with Crippen molar-refractivity contribution in [3.8, 4) is 16.9 Å². The van der Waals surface area contributed by atoms with Crippen LogP contribution in [0.3, 0.4) is 0 Å². The van der Waals surface area contributed by atoms with Gasteiger partial charge in [-0.2, -0.15) is 0 Å². The molecule has 0 amide bonds. The molecule has 1 unspecified atom stereocenters. The molecule has 2 aromatic carbocycles. The van der Waals surface area contributed by atoms with Gasteiger partial charge in [-0.1, -0.05) is 23.7 Å². The van der Waals surface area contributed by atoms with Crippen molar-refractivity contribution in [2.45, 2.75) is 13.0 Å². The number of carbonyl (C=O) groups is 1. The van der Waals surface area contributed by atoms with E-state index in [2.05, 4.69) is 4.98 Å². The fourth-order valence-electron chi connectivity index (χ4n) is 2.70. The van der Waals surface area contributed by atoms with Gasteiger partial charge < -0.3 is 15.6 Å². The van der Waals surface area contributed by atoms with Crippen molar-refractivity contribution < 1.29 is 23.4 Å². The molecule has 3 N–H and O–H groups in total. The van der Waals surface area contributed by atoms with Gasteiger partial charge in [0.2, 0.25) is 0 Å². The summed E-state index contributed by atoms with van der Waals surface area (Å²) in [6.07, 6.45) is 0.511. The number of aromatic carboxylic acids is 1. The molecule has 3 rings (SSSR count). The summed E-state index contributed by atoms with van der Waals surface area (Å²) < 4.78 is 33.5. The first-order valence-electron chi connectivity index (χ1n) is 8.17. The van der Waals surface area contributed by atoms with Gasteiger partial charge in [0.05, 0.1) is 10.6 Å². The summed E-state index contributed by atoms with van der Waals surface area (Å²) in [5, 5.41) is 8.76. The number of pyridine rings is 1. The van der Waals surface area contributed by atoms with Crippen molar-refractivity contribution in [2.75, 3.05) is 5.73 Å². The fraction of sp³-hybridized carbons (Fsp3) is 0.100. The molecule has 0 fully saturated rings. The molecule has 0 spiro atoms. The minimum Gasteiger partial charge on any atom is -0.482 e. The summed E-state index contributed by atoms with van der Waals surface area (Å²) in [5.74, 6) is -2.37. The zero-order chi connectivity index (χ0) is 20.4. The lowest BCUT2D eigenvalue weighted by Gasteiger charge is -2.18. The number of nitrogens with zero attached hydrogens (tertiary/aromatic N) is 1. The highest BCUT2D eigenvalue weighted by Gasteiger charge is 2.21. The number of halogens is 3. The molecule has 0 aliphatic heterocycles. The third-order valence-electron chi connectivity index (χ3n) is 4.11. The molecule has 1 atom stereocenters. The van der Waals surface area contributed by atoms with Gasteiger partial charge in [0.1, 0.15) is 17.7 Å². The maximum Gasteiger partial charge on any atom is 0.335 e. The van der Waals surface area contributed by atoms with Crippen LogP contribution in [0.1, 0.15) is 28.9 Å². The Bertz CT molecular complexity index is 1060. The lowest BCUT2D eigenvalue weighted by atomic mass is 10.0. The molecule has 0 saturated heterocycles. The van der Waals surface area contributed by atoms with E-state index in [-0.39, 0.29) is 27.7 Å². The third kappa shape index (κ3) is 3.89. The van der Waals surface area contributed by atoms with E-state index in [1.54, 1.807) is 18.2 Å². The molecule has 5 nitrogen and oxygen atoms in total. The molecular weight excluding hydrogens is 390 g/mol. The number of nitrogens with two attached hydrogens (primary N) is 1. The first-order chi connectivity index (χ1) is 13.3. The SMILES string of the molecule is CC(Oc1cc(-c2cccc(C(=O)O)c2)cnc1N)c1c(F)ccc(F)c1Cl. The number of anilines is 1. The highest BCUT2D eigenvalue weighted by Crippen LogP contribution is 2.34. The van der Waals surface area contributed by atoms with Gasteiger partial charge in [-0.15, -0.1) is 0 Å². The van der Waals surface area contributed by atoms with E-state index in [9.17, 15) is 13.6 Å². The molecule has 144 valence electrons.